The largest absolute Gasteiger partial charge is 0.376 e. The van der Waals surface area contributed by atoms with Crippen LogP contribution in [0.25, 0.3) is 0 Å². The van der Waals surface area contributed by atoms with Gasteiger partial charge in [-0.2, -0.15) is 5.10 Å². The number of ether oxygens (including phenoxy) is 1. The van der Waals surface area contributed by atoms with Gasteiger partial charge >= 0.3 is 0 Å². The molecule has 4 heteroatoms. The molecule has 1 saturated heterocycles. The molecule has 2 rings (SSSR count). The molecule has 0 spiro atoms. The van der Waals surface area contributed by atoms with Gasteiger partial charge in [-0.1, -0.05) is 6.92 Å². The molecular formula is C11H19N3O. The number of rotatable bonds is 3. The van der Waals surface area contributed by atoms with Gasteiger partial charge in [-0.3, -0.25) is 5.10 Å². The summed E-state index contributed by atoms with van der Waals surface area (Å²) in [7, 11) is 0. The Hall–Kier alpha value is -1.03. The molecule has 2 unspecified atom stereocenters. The molecule has 1 fully saturated rings. The second-order valence-electron chi connectivity index (χ2n) is 4.14. The van der Waals surface area contributed by atoms with Gasteiger partial charge in [-0.25, -0.2) is 0 Å². The number of aryl methyl sites for hydroxylation is 1. The van der Waals surface area contributed by atoms with E-state index in [0.29, 0.717) is 6.04 Å². The fourth-order valence-corrected chi connectivity index (χ4v) is 2.02. The Morgan fingerprint density at radius 2 is 2.40 bits per heavy atom. The fraction of sp³-hybridized carbons (Fsp3) is 0.727. The van der Waals surface area contributed by atoms with Crippen LogP contribution in [-0.4, -0.2) is 29.0 Å². The van der Waals surface area contributed by atoms with Crippen LogP contribution in [0, 0.1) is 6.92 Å². The summed E-state index contributed by atoms with van der Waals surface area (Å²) in [6, 6.07) is 0.400. The molecule has 2 atom stereocenters. The summed E-state index contributed by atoms with van der Waals surface area (Å²) in [5.41, 5.74) is 2.45. The molecule has 1 aromatic heterocycles. The molecular weight excluding hydrogens is 190 g/mol. The molecule has 2 heterocycles. The zero-order chi connectivity index (χ0) is 10.8. The lowest BCUT2D eigenvalue weighted by molar-refractivity contribution is 0.121. The molecule has 0 amide bonds. The molecule has 0 radical (unpaired) electrons. The van der Waals surface area contributed by atoms with E-state index in [0.717, 1.165) is 25.3 Å². The summed E-state index contributed by atoms with van der Waals surface area (Å²) in [6.45, 7) is 7.19. The molecule has 0 bridgehead atoms. The van der Waals surface area contributed by atoms with Crippen molar-refractivity contribution in [3.05, 3.63) is 11.3 Å². The van der Waals surface area contributed by atoms with E-state index in [4.69, 9.17) is 4.74 Å². The molecule has 2 N–H and O–H groups in total. The second-order valence-corrected chi connectivity index (χ2v) is 4.14. The zero-order valence-electron chi connectivity index (χ0n) is 9.63. The van der Waals surface area contributed by atoms with E-state index in [2.05, 4.69) is 36.3 Å². The van der Waals surface area contributed by atoms with E-state index >= 15 is 0 Å². The number of aromatic nitrogens is 2. The first-order valence-corrected chi connectivity index (χ1v) is 5.64. The maximum atomic E-state index is 5.51. The van der Waals surface area contributed by atoms with Crippen molar-refractivity contribution in [2.75, 3.05) is 11.9 Å². The molecule has 0 saturated carbocycles. The van der Waals surface area contributed by atoms with Crippen molar-refractivity contribution < 1.29 is 4.74 Å². The van der Waals surface area contributed by atoms with Crippen LogP contribution in [0.4, 0.5) is 5.82 Å². The third-order valence-electron chi connectivity index (χ3n) is 3.16. The first-order valence-electron chi connectivity index (χ1n) is 5.64. The van der Waals surface area contributed by atoms with Crippen molar-refractivity contribution in [2.24, 2.45) is 0 Å². The average molecular weight is 209 g/mol. The van der Waals surface area contributed by atoms with Crippen molar-refractivity contribution in [1.82, 2.24) is 10.2 Å². The smallest absolute Gasteiger partial charge is 0.151 e. The first kappa shape index (κ1) is 10.5. The summed E-state index contributed by atoms with van der Waals surface area (Å²) in [5.74, 6) is 0.981. The monoisotopic (exact) mass is 209 g/mol. The minimum absolute atomic E-state index is 0.283. The van der Waals surface area contributed by atoms with Crippen molar-refractivity contribution in [3.8, 4) is 0 Å². The standard InChI is InChI=1S/C11H19N3O/c1-4-9-7(2)11(14-13-9)12-10-5-6-15-8(10)3/h8,10H,4-6H2,1-3H3,(H2,12,13,14). The summed E-state index contributed by atoms with van der Waals surface area (Å²) >= 11 is 0. The minimum Gasteiger partial charge on any atom is -0.376 e. The van der Waals surface area contributed by atoms with Gasteiger partial charge in [0, 0.05) is 17.9 Å². The van der Waals surface area contributed by atoms with Gasteiger partial charge in [-0.05, 0) is 26.7 Å². The first-order chi connectivity index (χ1) is 7.22. The Balaban J connectivity index is 2.07. The highest BCUT2D eigenvalue weighted by atomic mass is 16.5. The number of H-pyrrole nitrogens is 1. The predicted octanol–water partition coefficient (Wildman–Crippen LogP) is 1.87. The Bertz CT molecular complexity index is 335. The molecule has 84 valence electrons. The van der Waals surface area contributed by atoms with Crippen LogP contribution in [0.1, 0.15) is 31.5 Å². The van der Waals surface area contributed by atoms with Crippen molar-refractivity contribution >= 4 is 5.82 Å². The number of anilines is 1. The van der Waals surface area contributed by atoms with Gasteiger partial charge in [0.15, 0.2) is 5.82 Å². The van der Waals surface area contributed by atoms with E-state index in [9.17, 15) is 0 Å². The number of nitrogens with zero attached hydrogens (tertiary/aromatic N) is 1. The Morgan fingerprint density at radius 3 is 2.93 bits per heavy atom. The van der Waals surface area contributed by atoms with Crippen LogP contribution in [-0.2, 0) is 11.2 Å². The van der Waals surface area contributed by atoms with Crippen LogP contribution in [0.15, 0.2) is 0 Å². The molecule has 1 aliphatic heterocycles. The Morgan fingerprint density at radius 1 is 1.60 bits per heavy atom. The van der Waals surface area contributed by atoms with Gasteiger partial charge in [0.2, 0.25) is 0 Å². The highest BCUT2D eigenvalue weighted by Gasteiger charge is 2.25. The van der Waals surface area contributed by atoms with Crippen molar-refractivity contribution in [1.29, 1.82) is 0 Å². The van der Waals surface area contributed by atoms with Gasteiger partial charge in [0.1, 0.15) is 0 Å². The van der Waals surface area contributed by atoms with Crippen LogP contribution in [0.5, 0.6) is 0 Å². The third-order valence-corrected chi connectivity index (χ3v) is 3.16. The zero-order valence-corrected chi connectivity index (χ0v) is 9.63. The summed E-state index contributed by atoms with van der Waals surface area (Å²) in [4.78, 5) is 0. The summed E-state index contributed by atoms with van der Waals surface area (Å²) in [5, 5.41) is 10.8. The number of nitrogens with one attached hydrogen (secondary N) is 2. The van der Waals surface area contributed by atoms with E-state index < -0.39 is 0 Å². The molecule has 15 heavy (non-hydrogen) atoms. The molecule has 1 aliphatic rings. The van der Waals surface area contributed by atoms with E-state index in [1.54, 1.807) is 0 Å². The number of hydrogen-bond donors (Lipinski definition) is 2. The SMILES string of the molecule is CCc1[nH]nc(NC2CCOC2C)c1C. The minimum atomic E-state index is 0.283. The van der Waals surface area contributed by atoms with Crippen LogP contribution < -0.4 is 5.32 Å². The average Bonchev–Trinajstić information content (AvgIpc) is 2.77. The van der Waals surface area contributed by atoms with Gasteiger partial charge in [-0.15, -0.1) is 0 Å². The van der Waals surface area contributed by atoms with Crippen molar-refractivity contribution in [3.63, 3.8) is 0 Å². The van der Waals surface area contributed by atoms with E-state index in [-0.39, 0.29) is 6.10 Å². The quantitative estimate of drug-likeness (QED) is 0.799. The van der Waals surface area contributed by atoms with Gasteiger partial charge in [0.25, 0.3) is 0 Å². The number of aromatic amines is 1. The lowest BCUT2D eigenvalue weighted by Gasteiger charge is -2.15. The summed E-state index contributed by atoms with van der Waals surface area (Å²) in [6.07, 6.45) is 2.35. The maximum Gasteiger partial charge on any atom is 0.151 e. The molecule has 0 aliphatic carbocycles. The molecule has 0 aromatic carbocycles. The van der Waals surface area contributed by atoms with Crippen LogP contribution >= 0.6 is 0 Å². The van der Waals surface area contributed by atoms with Gasteiger partial charge < -0.3 is 10.1 Å². The topological polar surface area (TPSA) is 49.9 Å². The number of hydrogen-bond acceptors (Lipinski definition) is 3. The molecule has 1 aromatic rings. The molecule has 4 nitrogen and oxygen atoms in total. The van der Waals surface area contributed by atoms with Crippen LogP contribution in [0.2, 0.25) is 0 Å². The Labute approximate surface area is 90.4 Å². The predicted molar refractivity (Wildman–Crippen MR) is 60.1 cm³/mol. The van der Waals surface area contributed by atoms with Crippen molar-refractivity contribution in [2.45, 2.75) is 45.8 Å². The second kappa shape index (κ2) is 4.23. The normalized spacial score (nSPS) is 25.8. The highest BCUT2D eigenvalue weighted by molar-refractivity contribution is 5.46. The van der Waals surface area contributed by atoms with Crippen LogP contribution in [0.3, 0.4) is 0 Å². The summed E-state index contributed by atoms with van der Waals surface area (Å²) < 4.78 is 5.51. The fourth-order valence-electron chi connectivity index (χ4n) is 2.02. The van der Waals surface area contributed by atoms with E-state index in [1.165, 1.54) is 11.3 Å². The third kappa shape index (κ3) is 2.00. The van der Waals surface area contributed by atoms with E-state index in [1.807, 2.05) is 0 Å². The Kier molecular flexibility index (Phi) is 2.95. The lowest BCUT2D eigenvalue weighted by atomic mass is 10.1. The maximum absolute atomic E-state index is 5.51. The lowest BCUT2D eigenvalue weighted by Crippen LogP contribution is -2.27. The highest BCUT2D eigenvalue weighted by Crippen LogP contribution is 2.21. The van der Waals surface area contributed by atoms with Gasteiger partial charge in [0.05, 0.1) is 12.1 Å².